The van der Waals surface area contributed by atoms with E-state index in [4.69, 9.17) is 0 Å². The van der Waals surface area contributed by atoms with Gasteiger partial charge in [-0.05, 0) is 60.8 Å². The van der Waals surface area contributed by atoms with Crippen LogP contribution in [-0.2, 0) is 0 Å². The number of benzene rings is 1. The van der Waals surface area contributed by atoms with Crippen molar-refractivity contribution in [3.8, 4) is 0 Å². The van der Waals surface area contributed by atoms with E-state index in [0.29, 0.717) is 0 Å². The Kier molecular flexibility index (Phi) is 4.17. The Labute approximate surface area is 99.8 Å². The largest absolute Gasteiger partial charge is 0.390 e. The van der Waals surface area contributed by atoms with Crippen molar-refractivity contribution in [2.24, 2.45) is 0 Å². The molecule has 0 aliphatic heterocycles. The van der Waals surface area contributed by atoms with Crippen molar-refractivity contribution in [1.82, 2.24) is 0 Å². The summed E-state index contributed by atoms with van der Waals surface area (Å²) in [5.74, 6) is 0. The summed E-state index contributed by atoms with van der Waals surface area (Å²) in [4.78, 5) is 0. The van der Waals surface area contributed by atoms with E-state index in [1.807, 2.05) is 19.9 Å². The Morgan fingerprint density at radius 1 is 1.40 bits per heavy atom. The Morgan fingerprint density at radius 2 is 2.07 bits per heavy atom. The van der Waals surface area contributed by atoms with Crippen LogP contribution in [0.25, 0.3) is 0 Å². The fourth-order valence-corrected chi connectivity index (χ4v) is 1.90. The average molecular weight is 272 g/mol. The highest BCUT2D eigenvalue weighted by atomic mass is 79.9. The van der Waals surface area contributed by atoms with Gasteiger partial charge in [-0.15, -0.1) is 0 Å². The fraction of sp³-hybridized carbons (Fsp3) is 0.500. The van der Waals surface area contributed by atoms with Gasteiger partial charge in [0.15, 0.2) is 0 Å². The summed E-state index contributed by atoms with van der Waals surface area (Å²) in [6.45, 7) is 6.47. The number of aryl methyl sites for hydroxylation is 1. The number of anilines is 1. The lowest BCUT2D eigenvalue weighted by atomic mass is 10.1. The van der Waals surface area contributed by atoms with Crippen LogP contribution in [0.3, 0.4) is 0 Å². The van der Waals surface area contributed by atoms with Gasteiger partial charge in [0.1, 0.15) is 0 Å². The van der Waals surface area contributed by atoms with Gasteiger partial charge in [-0.25, -0.2) is 0 Å². The molecule has 2 nitrogen and oxygen atoms in total. The van der Waals surface area contributed by atoms with Crippen LogP contribution in [0.4, 0.5) is 5.69 Å². The van der Waals surface area contributed by atoms with Crippen molar-refractivity contribution in [1.29, 1.82) is 0 Å². The summed E-state index contributed by atoms with van der Waals surface area (Å²) in [6, 6.07) is 6.19. The minimum Gasteiger partial charge on any atom is -0.390 e. The lowest BCUT2D eigenvalue weighted by molar-refractivity contribution is 0.0749. The molecule has 1 rings (SSSR count). The van der Waals surface area contributed by atoms with Gasteiger partial charge in [-0.1, -0.05) is 6.07 Å². The van der Waals surface area contributed by atoms with E-state index in [2.05, 4.69) is 40.3 Å². The van der Waals surface area contributed by atoms with Gasteiger partial charge in [0.05, 0.1) is 5.60 Å². The molecule has 3 heteroatoms. The first-order valence-corrected chi connectivity index (χ1v) is 5.90. The number of hydrogen-bond donors (Lipinski definition) is 2. The number of hydrogen-bond acceptors (Lipinski definition) is 2. The highest BCUT2D eigenvalue weighted by molar-refractivity contribution is 9.10. The van der Waals surface area contributed by atoms with Gasteiger partial charge < -0.3 is 10.4 Å². The zero-order valence-electron chi connectivity index (χ0n) is 9.47. The van der Waals surface area contributed by atoms with Crippen LogP contribution in [0.15, 0.2) is 22.7 Å². The average Bonchev–Trinajstić information content (AvgIpc) is 2.07. The third-order valence-corrected chi connectivity index (χ3v) is 2.83. The molecule has 0 amide bonds. The lowest BCUT2D eigenvalue weighted by Crippen LogP contribution is -2.22. The van der Waals surface area contributed by atoms with Gasteiger partial charge in [0.2, 0.25) is 0 Å². The fourth-order valence-electron chi connectivity index (χ4n) is 1.27. The predicted octanol–water partition coefficient (Wildman–Crippen LogP) is 3.33. The van der Waals surface area contributed by atoms with Crippen LogP contribution in [0.2, 0.25) is 0 Å². The number of halogens is 1. The standard InChI is InChI=1S/C12H18BrNO/c1-9-4-5-11(10(13)8-9)14-7-6-12(2,3)15/h4-5,8,14-15H,6-7H2,1-3H3. The molecule has 0 aliphatic carbocycles. The Hall–Kier alpha value is -0.540. The normalized spacial score (nSPS) is 11.5. The summed E-state index contributed by atoms with van der Waals surface area (Å²) in [6.07, 6.45) is 0.729. The van der Waals surface area contributed by atoms with E-state index in [1.54, 1.807) is 0 Å². The van der Waals surface area contributed by atoms with Crippen LogP contribution in [-0.4, -0.2) is 17.3 Å². The molecule has 0 radical (unpaired) electrons. The molecule has 0 bridgehead atoms. The quantitative estimate of drug-likeness (QED) is 0.881. The van der Waals surface area contributed by atoms with Crippen LogP contribution >= 0.6 is 15.9 Å². The van der Waals surface area contributed by atoms with Crippen LogP contribution in [0.5, 0.6) is 0 Å². The molecule has 84 valence electrons. The second-order valence-electron chi connectivity index (χ2n) is 4.47. The summed E-state index contributed by atoms with van der Waals surface area (Å²) in [5.41, 5.74) is 1.70. The Morgan fingerprint density at radius 3 is 2.60 bits per heavy atom. The molecule has 0 fully saturated rings. The molecule has 2 N–H and O–H groups in total. The Bertz CT molecular complexity index is 331. The number of nitrogens with one attached hydrogen (secondary N) is 1. The zero-order valence-corrected chi connectivity index (χ0v) is 11.1. The molecule has 0 aromatic heterocycles. The molecule has 0 atom stereocenters. The molecular weight excluding hydrogens is 254 g/mol. The second kappa shape index (κ2) is 4.99. The van der Waals surface area contributed by atoms with Crippen molar-refractivity contribution in [2.45, 2.75) is 32.8 Å². The van der Waals surface area contributed by atoms with Gasteiger partial charge in [0, 0.05) is 16.7 Å². The topological polar surface area (TPSA) is 32.3 Å². The van der Waals surface area contributed by atoms with E-state index in [9.17, 15) is 5.11 Å². The van der Waals surface area contributed by atoms with E-state index < -0.39 is 5.60 Å². The molecule has 1 aromatic carbocycles. The first-order valence-electron chi connectivity index (χ1n) is 5.11. The zero-order chi connectivity index (χ0) is 11.5. The maximum absolute atomic E-state index is 9.56. The van der Waals surface area contributed by atoms with Crippen molar-refractivity contribution < 1.29 is 5.11 Å². The third-order valence-electron chi connectivity index (χ3n) is 2.18. The molecule has 15 heavy (non-hydrogen) atoms. The third kappa shape index (κ3) is 4.67. The molecule has 0 unspecified atom stereocenters. The molecule has 0 aliphatic rings. The molecular formula is C12H18BrNO. The number of rotatable bonds is 4. The SMILES string of the molecule is Cc1ccc(NCCC(C)(C)O)c(Br)c1. The minimum atomic E-state index is -0.607. The summed E-state index contributed by atoms with van der Waals surface area (Å²) >= 11 is 3.50. The molecule has 1 aromatic rings. The maximum atomic E-state index is 9.56. The first-order chi connectivity index (χ1) is 6.88. The summed E-state index contributed by atoms with van der Waals surface area (Å²) < 4.78 is 1.07. The molecule has 0 saturated heterocycles. The summed E-state index contributed by atoms with van der Waals surface area (Å²) in [7, 11) is 0. The highest BCUT2D eigenvalue weighted by Gasteiger charge is 2.11. The van der Waals surface area contributed by atoms with E-state index in [1.165, 1.54) is 5.56 Å². The van der Waals surface area contributed by atoms with Crippen LogP contribution in [0, 0.1) is 6.92 Å². The molecule has 0 spiro atoms. The van der Waals surface area contributed by atoms with E-state index >= 15 is 0 Å². The molecule has 0 saturated carbocycles. The minimum absolute atomic E-state index is 0.607. The first kappa shape index (κ1) is 12.5. The molecule has 0 heterocycles. The van der Waals surface area contributed by atoms with Gasteiger partial charge >= 0.3 is 0 Å². The lowest BCUT2D eigenvalue weighted by Gasteiger charge is -2.18. The van der Waals surface area contributed by atoms with Crippen LogP contribution < -0.4 is 5.32 Å². The maximum Gasteiger partial charge on any atom is 0.0608 e. The monoisotopic (exact) mass is 271 g/mol. The van der Waals surface area contributed by atoms with Crippen molar-refractivity contribution in [3.63, 3.8) is 0 Å². The second-order valence-corrected chi connectivity index (χ2v) is 5.33. The van der Waals surface area contributed by atoms with Gasteiger partial charge in [-0.3, -0.25) is 0 Å². The van der Waals surface area contributed by atoms with E-state index in [0.717, 1.165) is 23.1 Å². The van der Waals surface area contributed by atoms with Crippen molar-refractivity contribution in [2.75, 3.05) is 11.9 Å². The van der Waals surface area contributed by atoms with Crippen molar-refractivity contribution in [3.05, 3.63) is 28.2 Å². The summed E-state index contributed by atoms with van der Waals surface area (Å²) in [5, 5.41) is 12.8. The highest BCUT2D eigenvalue weighted by Crippen LogP contribution is 2.23. The van der Waals surface area contributed by atoms with Gasteiger partial charge in [-0.2, -0.15) is 0 Å². The van der Waals surface area contributed by atoms with Crippen LogP contribution in [0.1, 0.15) is 25.8 Å². The van der Waals surface area contributed by atoms with Crippen molar-refractivity contribution >= 4 is 21.6 Å². The van der Waals surface area contributed by atoms with E-state index in [-0.39, 0.29) is 0 Å². The number of aliphatic hydroxyl groups is 1. The Balaban J connectivity index is 2.51. The smallest absolute Gasteiger partial charge is 0.0608 e. The predicted molar refractivity (Wildman–Crippen MR) is 68.3 cm³/mol. The van der Waals surface area contributed by atoms with Gasteiger partial charge in [0.25, 0.3) is 0 Å².